The van der Waals surface area contributed by atoms with Gasteiger partial charge in [0.15, 0.2) is 0 Å². The Morgan fingerprint density at radius 3 is 2.90 bits per heavy atom. The fourth-order valence-corrected chi connectivity index (χ4v) is 1.04. The molecule has 1 N–H and O–H groups in total. The van der Waals surface area contributed by atoms with Crippen molar-refractivity contribution < 1.29 is 4.74 Å². The molecule has 1 rings (SSSR count). The molecule has 1 aliphatic heterocycles. The van der Waals surface area contributed by atoms with E-state index in [4.69, 9.17) is 4.74 Å². The van der Waals surface area contributed by atoms with Crippen LogP contribution in [0.3, 0.4) is 0 Å². The Morgan fingerprint density at radius 2 is 2.40 bits per heavy atom. The Morgan fingerprint density at radius 1 is 1.60 bits per heavy atom. The van der Waals surface area contributed by atoms with Gasteiger partial charge >= 0.3 is 0 Å². The Hall–Kier alpha value is -0.120. The Labute approximate surface area is 62.3 Å². The molecule has 1 unspecified atom stereocenters. The van der Waals surface area contributed by atoms with Crippen LogP contribution in [0.15, 0.2) is 0 Å². The number of hydrogen-bond donors (Lipinski definition) is 1. The molecule has 1 aliphatic rings. The molecule has 3 heteroatoms. The van der Waals surface area contributed by atoms with Gasteiger partial charge in [-0.25, -0.2) is 0 Å². The monoisotopic (exact) mass is 144 g/mol. The molecular formula is C7H16N2O. The van der Waals surface area contributed by atoms with Gasteiger partial charge in [-0.15, -0.1) is 0 Å². The third kappa shape index (κ3) is 2.64. The average molecular weight is 144 g/mol. The van der Waals surface area contributed by atoms with E-state index in [2.05, 4.69) is 24.3 Å². The number of rotatable bonds is 3. The van der Waals surface area contributed by atoms with Gasteiger partial charge in [-0.05, 0) is 20.5 Å². The molecule has 60 valence electrons. The number of hydrogen-bond acceptors (Lipinski definition) is 3. The first-order valence-electron chi connectivity index (χ1n) is 3.79. The lowest BCUT2D eigenvalue weighted by Gasteiger charge is -2.13. The first-order valence-corrected chi connectivity index (χ1v) is 3.79. The fraction of sp³-hybridized carbons (Fsp3) is 1.00. The molecule has 1 heterocycles. The lowest BCUT2D eigenvalue weighted by Crippen LogP contribution is -2.27. The van der Waals surface area contributed by atoms with Crippen molar-refractivity contribution in [1.29, 1.82) is 0 Å². The molecule has 0 aromatic carbocycles. The van der Waals surface area contributed by atoms with Crippen molar-refractivity contribution in [2.45, 2.75) is 12.6 Å². The smallest absolute Gasteiger partial charge is 0.109 e. The Bertz CT molecular complexity index is 89.6. The van der Waals surface area contributed by atoms with Gasteiger partial charge in [-0.2, -0.15) is 0 Å². The zero-order chi connectivity index (χ0) is 7.40. The highest BCUT2D eigenvalue weighted by atomic mass is 16.5. The highest BCUT2D eigenvalue weighted by Gasteiger charge is 2.13. The molecule has 0 radical (unpaired) electrons. The van der Waals surface area contributed by atoms with Gasteiger partial charge in [0, 0.05) is 13.1 Å². The number of ether oxygens (including phenoxy) is 1. The van der Waals surface area contributed by atoms with Crippen LogP contribution in [-0.4, -0.2) is 44.9 Å². The van der Waals surface area contributed by atoms with Crippen LogP contribution < -0.4 is 5.32 Å². The molecule has 0 amide bonds. The molecule has 0 aliphatic carbocycles. The predicted molar refractivity (Wildman–Crippen MR) is 40.9 cm³/mol. The maximum Gasteiger partial charge on any atom is 0.109 e. The van der Waals surface area contributed by atoms with E-state index < -0.39 is 0 Å². The molecule has 0 aromatic heterocycles. The standard InChI is InChI=1S/C7H16N2O/c1-9(2)5-3-7-8-4-6-10-7/h7-8H,3-6H2,1-2H3. The van der Waals surface area contributed by atoms with E-state index in [1.165, 1.54) is 0 Å². The van der Waals surface area contributed by atoms with E-state index in [1.54, 1.807) is 0 Å². The van der Waals surface area contributed by atoms with Gasteiger partial charge in [0.1, 0.15) is 6.23 Å². The Balaban J connectivity index is 2.01. The fourth-order valence-electron chi connectivity index (χ4n) is 1.04. The molecule has 0 aromatic rings. The van der Waals surface area contributed by atoms with Crippen molar-refractivity contribution in [3.8, 4) is 0 Å². The maximum absolute atomic E-state index is 5.37. The minimum atomic E-state index is 0.308. The van der Waals surface area contributed by atoms with E-state index in [-0.39, 0.29) is 0 Å². The van der Waals surface area contributed by atoms with Crippen LogP contribution in [0.25, 0.3) is 0 Å². The van der Waals surface area contributed by atoms with Crippen molar-refractivity contribution in [2.75, 3.05) is 33.8 Å². The van der Waals surface area contributed by atoms with Gasteiger partial charge in [-0.3, -0.25) is 5.32 Å². The second kappa shape index (κ2) is 3.91. The zero-order valence-electron chi connectivity index (χ0n) is 6.76. The predicted octanol–water partition coefficient (Wildman–Crippen LogP) is -0.116. The van der Waals surface area contributed by atoms with Crippen LogP contribution >= 0.6 is 0 Å². The van der Waals surface area contributed by atoms with Gasteiger partial charge in [-0.1, -0.05) is 0 Å². The van der Waals surface area contributed by atoms with E-state index >= 15 is 0 Å². The second-order valence-corrected chi connectivity index (χ2v) is 2.91. The number of nitrogens with one attached hydrogen (secondary N) is 1. The van der Waals surface area contributed by atoms with Crippen LogP contribution in [-0.2, 0) is 4.74 Å². The first kappa shape index (κ1) is 7.98. The normalized spacial score (nSPS) is 26.1. The van der Waals surface area contributed by atoms with E-state index in [1.807, 2.05) is 0 Å². The van der Waals surface area contributed by atoms with Gasteiger partial charge in [0.2, 0.25) is 0 Å². The third-order valence-electron chi connectivity index (χ3n) is 1.63. The summed E-state index contributed by atoms with van der Waals surface area (Å²) in [5.74, 6) is 0. The molecule has 10 heavy (non-hydrogen) atoms. The largest absolute Gasteiger partial charge is 0.362 e. The van der Waals surface area contributed by atoms with E-state index in [0.29, 0.717) is 6.23 Å². The van der Waals surface area contributed by atoms with Gasteiger partial charge < -0.3 is 9.64 Å². The summed E-state index contributed by atoms with van der Waals surface area (Å²) in [5, 5.41) is 3.26. The molecule has 1 fully saturated rings. The molecule has 3 nitrogen and oxygen atoms in total. The van der Waals surface area contributed by atoms with Crippen LogP contribution in [0.5, 0.6) is 0 Å². The molecule has 1 saturated heterocycles. The summed E-state index contributed by atoms with van der Waals surface area (Å²) in [6.45, 7) is 2.98. The van der Waals surface area contributed by atoms with Crippen LogP contribution in [0.4, 0.5) is 0 Å². The minimum Gasteiger partial charge on any atom is -0.362 e. The van der Waals surface area contributed by atoms with E-state index in [9.17, 15) is 0 Å². The summed E-state index contributed by atoms with van der Waals surface area (Å²) in [6.07, 6.45) is 1.40. The summed E-state index contributed by atoms with van der Waals surface area (Å²) < 4.78 is 5.37. The summed E-state index contributed by atoms with van der Waals surface area (Å²) in [7, 11) is 4.16. The summed E-state index contributed by atoms with van der Waals surface area (Å²) >= 11 is 0. The third-order valence-corrected chi connectivity index (χ3v) is 1.63. The lowest BCUT2D eigenvalue weighted by molar-refractivity contribution is 0.0876. The van der Waals surface area contributed by atoms with Gasteiger partial charge in [0.25, 0.3) is 0 Å². The minimum absolute atomic E-state index is 0.308. The summed E-state index contributed by atoms with van der Waals surface area (Å²) in [5.41, 5.74) is 0. The van der Waals surface area contributed by atoms with Crippen LogP contribution in [0.1, 0.15) is 6.42 Å². The Kier molecular flexibility index (Phi) is 3.12. The second-order valence-electron chi connectivity index (χ2n) is 2.91. The van der Waals surface area contributed by atoms with Crippen molar-refractivity contribution in [3.63, 3.8) is 0 Å². The molecular weight excluding hydrogens is 128 g/mol. The molecule has 0 saturated carbocycles. The highest BCUT2D eigenvalue weighted by Crippen LogP contribution is 2.00. The number of nitrogens with zero attached hydrogens (tertiary/aromatic N) is 1. The maximum atomic E-state index is 5.37. The first-order chi connectivity index (χ1) is 4.79. The van der Waals surface area contributed by atoms with Crippen molar-refractivity contribution in [1.82, 2.24) is 10.2 Å². The highest BCUT2D eigenvalue weighted by molar-refractivity contribution is 4.63. The van der Waals surface area contributed by atoms with Crippen molar-refractivity contribution in [3.05, 3.63) is 0 Å². The summed E-state index contributed by atoms with van der Waals surface area (Å²) in [4.78, 5) is 2.17. The molecule has 1 atom stereocenters. The zero-order valence-corrected chi connectivity index (χ0v) is 6.76. The molecule has 0 spiro atoms. The van der Waals surface area contributed by atoms with Crippen molar-refractivity contribution in [2.24, 2.45) is 0 Å². The average Bonchev–Trinajstić information content (AvgIpc) is 2.34. The van der Waals surface area contributed by atoms with E-state index in [0.717, 1.165) is 26.1 Å². The summed E-state index contributed by atoms with van der Waals surface area (Å²) in [6, 6.07) is 0. The van der Waals surface area contributed by atoms with Crippen molar-refractivity contribution >= 4 is 0 Å². The van der Waals surface area contributed by atoms with Crippen LogP contribution in [0, 0.1) is 0 Å². The lowest BCUT2D eigenvalue weighted by atomic mass is 10.4. The molecule has 0 bridgehead atoms. The van der Waals surface area contributed by atoms with Crippen LogP contribution in [0.2, 0.25) is 0 Å². The topological polar surface area (TPSA) is 24.5 Å². The quantitative estimate of drug-likeness (QED) is 0.598. The SMILES string of the molecule is CN(C)CCC1NCCO1. The van der Waals surface area contributed by atoms with Gasteiger partial charge in [0.05, 0.1) is 6.61 Å².